The third-order valence-electron chi connectivity index (χ3n) is 0.759. The molecule has 0 bridgehead atoms. The summed E-state index contributed by atoms with van der Waals surface area (Å²) in [5.74, 6) is 0. The van der Waals surface area contributed by atoms with Crippen LogP contribution in [0.15, 0.2) is 0 Å². The summed E-state index contributed by atoms with van der Waals surface area (Å²) in [5, 5.41) is 0. The lowest BCUT2D eigenvalue weighted by Crippen LogP contribution is -2.05. The van der Waals surface area contributed by atoms with Gasteiger partial charge in [0.2, 0.25) is 0 Å². The molecule has 0 atom stereocenters. The first kappa shape index (κ1) is 14.3. The average molecular weight is 192 g/mol. The molecule has 0 saturated carbocycles. The van der Waals surface area contributed by atoms with Gasteiger partial charge in [-0.2, -0.15) is 0 Å². The molecule has 0 fully saturated rings. The highest BCUT2D eigenvalue weighted by molar-refractivity contribution is 5.59. The molecular weight excluding hydrogens is 176 g/mol. The topological polar surface area (TPSA) is 61.8 Å². The van der Waals surface area contributed by atoms with E-state index in [9.17, 15) is 9.59 Å². The Morgan fingerprint density at radius 1 is 1.08 bits per heavy atom. The standard InChI is InChI=1S/C5H10O3.C3H6O2/c1-3-7-5(6)8-4-2;1-2-5-3-4/h3-4H2,1-2H3;3H,2H2,1H3. The van der Waals surface area contributed by atoms with E-state index in [0.717, 1.165) is 0 Å². The van der Waals surface area contributed by atoms with Crippen LogP contribution in [0.4, 0.5) is 4.79 Å². The Morgan fingerprint density at radius 2 is 1.54 bits per heavy atom. The van der Waals surface area contributed by atoms with E-state index in [1.54, 1.807) is 20.8 Å². The second-order valence-corrected chi connectivity index (χ2v) is 1.67. The normalized spacial score (nSPS) is 7.62. The first-order valence-corrected chi connectivity index (χ1v) is 4.07. The first-order valence-electron chi connectivity index (χ1n) is 4.07. The SMILES string of the molecule is CCOC(=O)OCC.CCOC=O. The maximum atomic E-state index is 10.2. The summed E-state index contributed by atoms with van der Waals surface area (Å²) in [6.07, 6.45) is -0.588. The Morgan fingerprint density at radius 3 is 1.69 bits per heavy atom. The van der Waals surface area contributed by atoms with Gasteiger partial charge in [0.05, 0.1) is 19.8 Å². The summed E-state index contributed by atoms with van der Waals surface area (Å²) in [4.78, 5) is 19.4. The fourth-order valence-corrected chi connectivity index (χ4v) is 0.345. The lowest BCUT2D eigenvalue weighted by atomic mass is 10.8. The van der Waals surface area contributed by atoms with Crippen molar-refractivity contribution in [2.24, 2.45) is 0 Å². The summed E-state index contributed by atoms with van der Waals surface area (Å²) < 4.78 is 13.0. The zero-order valence-electron chi connectivity index (χ0n) is 8.24. The van der Waals surface area contributed by atoms with Crippen molar-refractivity contribution in [3.63, 3.8) is 0 Å². The fourth-order valence-electron chi connectivity index (χ4n) is 0.345. The number of carbonyl (C=O) groups is 2. The van der Waals surface area contributed by atoms with Gasteiger partial charge in [0, 0.05) is 0 Å². The van der Waals surface area contributed by atoms with Crippen molar-refractivity contribution >= 4 is 12.6 Å². The minimum Gasteiger partial charge on any atom is -0.468 e. The summed E-state index contributed by atoms with van der Waals surface area (Å²) in [6.45, 7) is 6.88. The average Bonchev–Trinajstić information content (AvgIpc) is 2.08. The molecule has 78 valence electrons. The fraction of sp³-hybridized carbons (Fsp3) is 0.750. The number of ether oxygens (including phenoxy) is 3. The molecule has 0 aliphatic carbocycles. The molecule has 0 aromatic rings. The van der Waals surface area contributed by atoms with Crippen LogP contribution in [0.5, 0.6) is 0 Å². The Labute approximate surface area is 78.0 Å². The molecule has 0 heterocycles. The summed E-state index contributed by atoms with van der Waals surface area (Å²) in [6, 6.07) is 0. The summed E-state index contributed by atoms with van der Waals surface area (Å²) in [7, 11) is 0. The number of hydrogen-bond acceptors (Lipinski definition) is 5. The van der Waals surface area contributed by atoms with Crippen molar-refractivity contribution in [2.75, 3.05) is 19.8 Å². The zero-order chi connectivity index (χ0) is 10.5. The van der Waals surface area contributed by atoms with Gasteiger partial charge in [0.15, 0.2) is 0 Å². The van der Waals surface area contributed by atoms with Crippen LogP contribution in [0.2, 0.25) is 0 Å². The van der Waals surface area contributed by atoms with Crippen LogP contribution in [0.1, 0.15) is 20.8 Å². The van der Waals surface area contributed by atoms with E-state index in [-0.39, 0.29) is 0 Å². The third-order valence-corrected chi connectivity index (χ3v) is 0.759. The smallest absolute Gasteiger partial charge is 0.468 e. The Bertz CT molecular complexity index is 116. The molecular formula is C8H16O5. The van der Waals surface area contributed by atoms with E-state index in [4.69, 9.17) is 0 Å². The first-order chi connectivity index (χ1) is 6.22. The van der Waals surface area contributed by atoms with Crippen LogP contribution in [-0.2, 0) is 19.0 Å². The molecule has 0 aliphatic heterocycles. The highest BCUT2D eigenvalue weighted by Gasteiger charge is 1.96. The van der Waals surface area contributed by atoms with Crippen LogP contribution >= 0.6 is 0 Å². The number of rotatable bonds is 4. The highest BCUT2D eigenvalue weighted by Crippen LogP contribution is 1.81. The van der Waals surface area contributed by atoms with Gasteiger partial charge in [0.1, 0.15) is 0 Å². The predicted molar refractivity (Wildman–Crippen MR) is 46.3 cm³/mol. The minimum atomic E-state index is -0.588. The van der Waals surface area contributed by atoms with Crippen LogP contribution < -0.4 is 0 Å². The molecule has 0 radical (unpaired) electrons. The van der Waals surface area contributed by atoms with Gasteiger partial charge in [-0.1, -0.05) is 0 Å². The molecule has 5 heteroatoms. The van der Waals surface area contributed by atoms with Gasteiger partial charge in [-0.3, -0.25) is 4.79 Å². The van der Waals surface area contributed by atoms with Crippen LogP contribution in [-0.4, -0.2) is 32.4 Å². The van der Waals surface area contributed by atoms with Gasteiger partial charge < -0.3 is 14.2 Å². The second-order valence-electron chi connectivity index (χ2n) is 1.67. The maximum Gasteiger partial charge on any atom is 0.508 e. The van der Waals surface area contributed by atoms with Gasteiger partial charge >= 0.3 is 6.16 Å². The van der Waals surface area contributed by atoms with Crippen molar-refractivity contribution in [1.29, 1.82) is 0 Å². The molecule has 0 aliphatic rings. The lowest BCUT2D eigenvalue weighted by molar-refractivity contribution is -0.128. The molecule has 0 N–H and O–H groups in total. The van der Waals surface area contributed by atoms with Gasteiger partial charge in [0.25, 0.3) is 6.47 Å². The van der Waals surface area contributed by atoms with Gasteiger partial charge in [-0.15, -0.1) is 0 Å². The largest absolute Gasteiger partial charge is 0.508 e. The summed E-state index contributed by atoms with van der Waals surface area (Å²) in [5.41, 5.74) is 0. The van der Waals surface area contributed by atoms with E-state index in [2.05, 4.69) is 14.2 Å². The molecule has 0 amide bonds. The van der Waals surface area contributed by atoms with Gasteiger partial charge in [-0.05, 0) is 20.8 Å². The predicted octanol–water partition coefficient (Wildman–Crippen LogP) is 1.36. The number of hydrogen-bond donors (Lipinski definition) is 0. The zero-order valence-corrected chi connectivity index (χ0v) is 8.24. The van der Waals surface area contributed by atoms with Crippen molar-refractivity contribution in [1.82, 2.24) is 0 Å². The lowest BCUT2D eigenvalue weighted by Gasteiger charge is -1.98. The molecule has 0 spiro atoms. The van der Waals surface area contributed by atoms with Crippen LogP contribution in [0, 0.1) is 0 Å². The Balaban J connectivity index is 0. The van der Waals surface area contributed by atoms with Crippen molar-refractivity contribution in [2.45, 2.75) is 20.8 Å². The maximum absolute atomic E-state index is 10.2. The van der Waals surface area contributed by atoms with E-state index in [1.807, 2.05) is 0 Å². The monoisotopic (exact) mass is 192 g/mol. The highest BCUT2D eigenvalue weighted by atomic mass is 16.7. The molecule has 0 aromatic heterocycles. The van der Waals surface area contributed by atoms with Crippen LogP contribution in [0.25, 0.3) is 0 Å². The minimum absolute atomic E-state index is 0.374. The van der Waals surface area contributed by atoms with E-state index in [1.165, 1.54) is 0 Å². The van der Waals surface area contributed by atoms with E-state index >= 15 is 0 Å². The third kappa shape index (κ3) is 18.1. The van der Waals surface area contributed by atoms with Crippen molar-refractivity contribution in [3.8, 4) is 0 Å². The Kier molecular flexibility index (Phi) is 14.6. The summed E-state index contributed by atoms with van der Waals surface area (Å²) >= 11 is 0. The molecule has 0 rings (SSSR count). The molecule has 0 saturated heterocycles. The molecule has 0 unspecified atom stereocenters. The van der Waals surface area contributed by atoms with Crippen molar-refractivity contribution in [3.05, 3.63) is 0 Å². The second kappa shape index (κ2) is 13.3. The van der Waals surface area contributed by atoms with Crippen molar-refractivity contribution < 1.29 is 23.8 Å². The van der Waals surface area contributed by atoms with E-state index in [0.29, 0.717) is 26.3 Å². The quantitative estimate of drug-likeness (QED) is 0.497. The van der Waals surface area contributed by atoms with Gasteiger partial charge in [-0.25, -0.2) is 4.79 Å². The number of carbonyl (C=O) groups excluding carboxylic acids is 2. The van der Waals surface area contributed by atoms with Crippen LogP contribution in [0.3, 0.4) is 0 Å². The van der Waals surface area contributed by atoms with E-state index < -0.39 is 6.16 Å². The molecule has 0 aromatic carbocycles. The Hall–Kier alpha value is -1.26. The molecule has 13 heavy (non-hydrogen) atoms. The molecule has 5 nitrogen and oxygen atoms in total.